The molecule has 4 rings (SSSR count). The second-order valence-corrected chi connectivity index (χ2v) is 7.56. The summed E-state index contributed by atoms with van der Waals surface area (Å²) in [4.78, 5) is 31.7. The van der Waals surface area contributed by atoms with E-state index in [0.29, 0.717) is 18.5 Å². The van der Waals surface area contributed by atoms with Crippen LogP contribution in [0.3, 0.4) is 0 Å². The van der Waals surface area contributed by atoms with Crippen molar-refractivity contribution in [1.29, 1.82) is 0 Å². The zero-order valence-electron chi connectivity index (χ0n) is 16.8. The summed E-state index contributed by atoms with van der Waals surface area (Å²) in [7, 11) is 0. The van der Waals surface area contributed by atoms with Crippen LogP contribution in [0.5, 0.6) is 0 Å². The number of hydrogen-bond acceptors (Lipinski definition) is 3. The Bertz CT molecular complexity index is 1040. The van der Waals surface area contributed by atoms with E-state index < -0.39 is 0 Å². The fourth-order valence-electron chi connectivity index (χ4n) is 3.86. The minimum absolute atomic E-state index is 0.106. The van der Waals surface area contributed by atoms with Crippen LogP contribution in [0.1, 0.15) is 35.4 Å². The number of benzene rings is 2. The van der Waals surface area contributed by atoms with Crippen molar-refractivity contribution in [2.45, 2.75) is 32.2 Å². The van der Waals surface area contributed by atoms with Crippen LogP contribution in [-0.2, 0) is 17.8 Å². The van der Waals surface area contributed by atoms with Crippen LogP contribution < -0.4 is 5.32 Å². The van der Waals surface area contributed by atoms with Gasteiger partial charge in [0.1, 0.15) is 18.2 Å². The normalized spacial score (nSPS) is 14.1. The highest BCUT2D eigenvalue weighted by molar-refractivity contribution is 5.94. The molecule has 1 aliphatic rings. The third kappa shape index (κ3) is 4.50. The summed E-state index contributed by atoms with van der Waals surface area (Å²) >= 11 is 0. The molecule has 0 saturated carbocycles. The van der Waals surface area contributed by atoms with E-state index in [-0.39, 0.29) is 24.2 Å². The van der Waals surface area contributed by atoms with Crippen LogP contribution in [0.15, 0.2) is 48.5 Å². The highest BCUT2D eigenvalue weighted by Gasteiger charge is 2.20. The molecule has 2 aromatic carbocycles. The molecule has 2 heterocycles. The number of piperidine rings is 1. The van der Waals surface area contributed by atoms with Gasteiger partial charge in [0.2, 0.25) is 5.91 Å². The number of carbonyl (C=O) groups excluding carboxylic acids is 2. The molecule has 2 amide bonds. The van der Waals surface area contributed by atoms with Crippen LogP contribution in [-0.4, -0.2) is 45.9 Å². The number of aromatic nitrogens is 2. The molecule has 3 aromatic rings. The number of carbonyl (C=O) groups is 2. The smallest absolute Gasteiger partial charge is 0.251 e. The number of amides is 2. The van der Waals surface area contributed by atoms with Crippen LogP contribution >= 0.6 is 0 Å². The summed E-state index contributed by atoms with van der Waals surface area (Å²) in [5, 5.41) is 2.85. The Balaban J connectivity index is 1.46. The number of imidazole rings is 1. The molecule has 0 bridgehead atoms. The summed E-state index contributed by atoms with van der Waals surface area (Å²) in [5.41, 5.74) is 2.16. The molecule has 30 heavy (non-hydrogen) atoms. The van der Waals surface area contributed by atoms with Crippen molar-refractivity contribution >= 4 is 22.8 Å². The van der Waals surface area contributed by atoms with Crippen molar-refractivity contribution in [1.82, 2.24) is 19.8 Å². The van der Waals surface area contributed by atoms with Gasteiger partial charge in [0, 0.05) is 31.6 Å². The number of nitrogens with zero attached hydrogens (tertiary/aromatic N) is 3. The van der Waals surface area contributed by atoms with Crippen LogP contribution in [0, 0.1) is 5.82 Å². The van der Waals surface area contributed by atoms with E-state index in [1.807, 2.05) is 33.7 Å². The molecule has 1 aliphatic heterocycles. The number of halogens is 1. The van der Waals surface area contributed by atoms with Gasteiger partial charge in [0.05, 0.1) is 11.0 Å². The first-order valence-corrected chi connectivity index (χ1v) is 10.4. The van der Waals surface area contributed by atoms with Crippen LogP contribution in [0.2, 0.25) is 0 Å². The lowest BCUT2D eigenvalue weighted by Crippen LogP contribution is -2.38. The van der Waals surface area contributed by atoms with Crippen molar-refractivity contribution in [2.24, 2.45) is 0 Å². The van der Waals surface area contributed by atoms with Crippen molar-refractivity contribution in [2.75, 3.05) is 19.6 Å². The second-order valence-electron chi connectivity index (χ2n) is 7.56. The number of hydrogen-bond donors (Lipinski definition) is 1. The first-order valence-electron chi connectivity index (χ1n) is 10.4. The Morgan fingerprint density at radius 3 is 2.50 bits per heavy atom. The van der Waals surface area contributed by atoms with Gasteiger partial charge in [-0.3, -0.25) is 9.59 Å². The zero-order valence-corrected chi connectivity index (χ0v) is 16.8. The lowest BCUT2D eigenvalue weighted by molar-refractivity contribution is -0.132. The highest BCUT2D eigenvalue weighted by Crippen LogP contribution is 2.18. The third-order valence-corrected chi connectivity index (χ3v) is 5.48. The summed E-state index contributed by atoms with van der Waals surface area (Å²) in [6.45, 7) is 2.25. The molecule has 6 nitrogen and oxygen atoms in total. The van der Waals surface area contributed by atoms with Crippen molar-refractivity contribution in [3.8, 4) is 0 Å². The van der Waals surface area contributed by atoms with Gasteiger partial charge in [-0.15, -0.1) is 0 Å². The molecule has 0 unspecified atom stereocenters. The second kappa shape index (κ2) is 9.07. The summed E-state index contributed by atoms with van der Waals surface area (Å²) < 4.78 is 15.0. The monoisotopic (exact) mass is 408 g/mol. The van der Waals surface area contributed by atoms with Crippen molar-refractivity contribution in [3.63, 3.8) is 0 Å². The molecule has 0 radical (unpaired) electrons. The maximum atomic E-state index is 13.0. The van der Waals surface area contributed by atoms with Gasteiger partial charge in [0.25, 0.3) is 5.91 Å². The highest BCUT2D eigenvalue weighted by atomic mass is 19.1. The van der Waals surface area contributed by atoms with E-state index in [1.54, 1.807) is 0 Å². The number of para-hydroxylation sites is 2. The summed E-state index contributed by atoms with van der Waals surface area (Å²) in [6.07, 6.45) is 3.78. The summed E-state index contributed by atoms with van der Waals surface area (Å²) in [6, 6.07) is 13.2. The lowest BCUT2D eigenvalue weighted by Gasteiger charge is -2.27. The van der Waals surface area contributed by atoms with E-state index in [4.69, 9.17) is 0 Å². The molecule has 0 atom stereocenters. The Morgan fingerprint density at radius 2 is 1.73 bits per heavy atom. The van der Waals surface area contributed by atoms with Crippen LogP contribution in [0.4, 0.5) is 4.39 Å². The largest absolute Gasteiger partial charge is 0.352 e. The van der Waals surface area contributed by atoms with Crippen molar-refractivity contribution < 1.29 is 14.0 Å². The topological polar surface area (TPSA) is 67.2 Å². The van der Waals surface area contributed by atoms with Gasteiger partial charge in [-0.2, -0.15) is 0 Å². The molecule has 1 N–H and O–H groups in total. The fourth-order valence-corrected chi connectivity index (χ4v) is 3.86. The maximum absolute atomic E-state index is 13.0. The Hall–Kier alpha value is -3.22. The SMILES string of the molecule is O=C(NCCc1nc2ccccc2n1CC(=O)N1CCCCC1)c1ccc(F)cc1. The van der Waals surface area contributed by atoms with Gasteiger partial charge < -0.3 is 14.8 Å². The predicted molar refractivity (Wildman–Crippen MR) is 113 cm³/mol. The fraction of sp³-hybridized carbons (Fsp3) is 0.348. The average molecular weight is 408 g/mol. The molecule has 1 saturated heterocycles. The van der Waals surface area contributed by atoms with E-state index in [1.165, 1.54) is 30.7 Å². The van der Waals surface area contributed by atoms with Crippen molar-refractivity contribution in [3.05, 3.63) is 65.7 Å². The van der Waals surface area contributed by atoms with E-state index in [9.17, 15) is 14.0 Å². The quantitative estimate of drug-likeness (QED) is 0.681. The third-order valence-electron chi connectivity index (χ3n) is 5.48. The maximum Gasteiger partial charge on any atom is 0.251 e. The lowest BCUT2D eigenvalue weighted by atomic mass is 10.1. The molecule has 0 spiro atoms. The number of fused-ring (bicyclic) bond motifs is 1. The Labute approximate surface area is 174 Å². The van der Waals surface area contributed by atoms with E-state index in [2.05, 4.69) is 10.3 Å². The molecular weight excluding hydrogens is 383 g/mol. The van der Waals surface area contributed by atoms with Gasteiger partial charge in [-0.25, -0.2) is 9.37 Å². The minimum Gasteiger partial charge on any atom is -0.352 e. The molecular formula is C23H25FN4O2. The zero-order chi connectivity index (χ0) is 20.9. The molecule has 0 aliphatic carbocycles. The van der Waals surface area contributed by atoms with Crippen LogP contribution in [0.25, 0.3) is 11.0 Å². The van der Waals surface area contributed by atoms with E-state index >= 15 is 0 Å². The molecule has 1 aromatic heterocycles. The molecule has 156 valence electrons. The summed E-state index contributed by atoms with van der Waals surface area (Å²) in [5.74, 6) is 0.233. The Kier molecular flexibility index (Phi) is 6.07. The standard InChI is InChI=1S/C23H25FN4O2/c24-18-10-8-17(9-11-18)23(30)25-13-12-21-26-19-6-2-3-7-20(19)28(21)16-22(29)27-14-4-1-5-15-27/h2-3,6-11H,1,4-5,12-16H2,(H,25,30). The van der Waals surface area contributed by atoms with Gasteiger partial charge >= 0.3 is 0 Å². The number of likely N-dealkylation sites (tertiary alicyclic amines) is 1. The first kappa shape index (κ1) is 20.1. The Morgan fingerprint density at radius 1 is 1.00 bits per heavy atom. The van der Waals surface area contributed by atoms with E-state index in [0.717, 1.165) is 42.8 Å². The van der Waals surface area contributed by atoms with Gasteiger partial charge in [-0.1, -0.05) is 12.1 Å². The molecule has 1 fully saturated rings. The minimum atomic E-state index is -0.376. The average Bonchev–Trinajstić information content (AvgIpc) is 3.12. The van der Waals surface area contributed by atoms with Gasteiger partial charge in [0.15, 0.2) is 0 Å². The van der Waals surface area contributed by atoms with Gasteiger partial charge in [-0.05, 0) is 55.7 Å². The number of nitrogens with one attached hydrogen (secondary N) is 1. The first-order chi connectivity index (χ1) is 14.6. The number of rotatable bonds is 6. The molecule has 7 heteroatoms. The predicted octanol–water partition coefficient (Wildman–Crippen LogP) is 3.16.